The first-order valence-corrected chi connectivity index (χ1v) is 2.97. The van der Waals surface area contributed by atoms with Gasteiger partial charge in [-0.05, 0) is 6.92 Å². The molecule has 0 fully saturated rings. The summed E-state index contributed by atoms with van der Waals surface area (Å²) in [4.78, 5) is 0. The Morgan fingerprint density at radius 3 is 3.00 bits per heavy atom. The molecule has 0 aliphatic carbocycles. The number of allylic oxidation sites excluding steroid dienone is 1. The van der Waals surface area contributed by atoms with Gasteiger partial charge in [-0.2, -0.15) is 5.26 Å². The molecular formula is C7H11NO. The largest absolute Gasteiger partial charge is 0.376 e. The molecule has 0 aromatic carbocycles. The van der Waals surface area contributed by atoms with Crippen LogP contribution in [0.2, 0.25) is 0 Å². The van der Waals surface area contributed by atoms with Gasteiger partial charge < -0.3 is 4.74 Å². The highest BCUT2D eigenvalue weighted by Gasteiger charge is 1.80. The molecule has 0 aromatic rings. The van der Waals surface area contributed by atoms with E-state index >= 15 is 0 Å². The number of hydrogen-bond acceptors (Lipinski definition) is 2. The fourth-order valence-electron chi connectivity index (χ4n) is 0.365. The average molecular weight is 125 g/mol. The van der Waals surface area contributed by atoms with Gasteiger partial charge in [0, 0.05) is 0 Å². The fraction of sp³-hybridized carbons (Fsp3) is 0.571. The molecule has 0 spiro atoms. The van der Waals surface area contributed by atoms with Crippen molar-refractivity contribution in [1.29, 1.82) is 5.26 Å². The number of rotatable bonds is 4. The molecule has 0 atom stereocenters. The summed E-state index contributed by atoms with van der Waals surface area (Å²) in [7, 11) is 0. The molecule has 0 aliphatic rings. The SMILES string of the molecule is C/C=C/COCCC#N. The molecule has 2 heteroatoms. The maximum absolute atomic E-state index is 8.07. The van der Waals surface area contributed by atoms with Crippen LogP contribution >= 0.6 is 0 Å². The molecule has 0 N–H and O–H groups in total. The standard InChI is InChI=1S/C7H11NO/c1-2-3-6-9-7-4-5-8/h2-3H,4,6-7H2,1H3/b3-2+. The van der Waals surface area contributed by atoms with Gasteiger partial charge in [0.1, 0.15) is 0 Å². The third-order valence-electron chi connectivity index (χ3n) is 0.808. The predicted molar refractivity (Wildman–Crippen MR) is 35.9 cm³/mol. The van der Waals surface area contributed by atoms with Crippen LogP contribution in [0.5, 0.6) is 0 Å². The van der Waals surface area contributed by atoms with Crippen molar-refractivity contribution in [3.8, 4) is 6.07 Å². The third kappa shape index (κ3) is 7.19. The van der Waals surface area contributed by atoms with Crippen LogP contribution in [-0.2, 0) is 4.74 Å². The van der Waals surface area contributed by atoms with E-state index in [1.54, 1.807) is 0 Å². The first-order valence-electron chi connectivity index (χ1n) is 2.97. The summed E-state index contributed by atoms with van der Waals surface area (Å²) >= 11 is 0. The van der Waals surface area contributed by atoms with Crippen molar-refractivity contribution in [2.24, 2.45) is 0 Å². The summed E-state index contributed by atoms with van der Waals surface area (Å²) in [5.41, 5.74) is 0. The Balaban J connectivity index is 2.85. The topological polar surface area (TPSA) is 33.0 Å². The van der Waals surface area contributed by atoms with Gasteiger partial charge in [-0.3, -0.25) is 0 Å². The van der Waals surface area contributed by atoms with E-state index in [-0.39, 0.29) is 0 Å². The minimum Gasteiger partial charge on any atom is -0.376 e. The van der Waals surface area contributed by atoms with Crippen LogP contribution in [0.15, 0.2) is 12.2 Å². The molecule has 0 radical (unpaired) electrons. The van der Waals surface area contributed by atoms with Crippen molar-refractivity contribution in [2.75, 3.05) is 13.2 Å². The van der Waals surface area contributed by atoms with E-state index in [2.05, 4.69) is 0 Å². The Morgan fingerprint density at radius 2 is 2.44 bits per heavy atom. The van der Waals surface area contributed by atoms with Crippen LogP contribution in [0.25, 0.3) is 0 Å². The van der Waals surface area contributed by atoms with Crippen LogP contribution < -0.4 is 0 Å². The zero-order valence-corrected chi connectivity index (χ0v) is 5.63. The molecule has 0 rings (SSSR count). The van der Waals surface area contributed by atoms with E-state index in [0.29, 0.717) is 19.6 Å². The van der Waals surface area contributed by atoms with E-state index in [0.717, 1.165) is 0 Å². The van der Waals surface area contributed by atoms with Gasteiger partial charge in [0.25, 0.3) is 0 Å². The zero-order chi connectivity index (χ0) is 6.95. The summed E-state index contributed by atoms with van der Waals surface area (Å²) in [5, 5.41) is 8.07. The van der Waals surface area contributed by atoms with Gasteiger partial charge in [-0.1, -0.05) is 12.2 Å². The third-order valence-corrected chi connectivity index (χ3v) is 0.808. The lowest BCUT2D eigenvalue weighted by Gasteiger charge is -1.92. The minimum atomic E-state index is 0.484. The smallest absolute Gasteiger partial charge is 0.0647 e. The van der Waals surface area contributed by atoms with Gasteiger partial charge in [0.15, 0.2) is 0 Å². The number of nitrogens with zero attached hydrogens (tertiary/aromatic N) is 1. The summed E-state index contributed by atoms with van der Waals surface area (Å²) in [6.07, 6.45) is 4.32. The molecule has 0 bridgehead atoms. The first kappa shape index (κ1) is 8.19. The normalized spacial score (nSPS) is 9.78. The summed E-state index contributed by atoms with van der Waals surface area (Å²) in [6, 6.07) is 2.00. The second-order valence-corrected chi connectivity index (χ2v) is 1.55. The van der Waals surface area contributed by atoms with Crippen LogP contribution in [0, 0.1) is 11.3 Å². The highest BCUT2D eigenvalue weighted by molar-refractivity contribution is 4.76. The van der Waals surface area contributed by atoms with Crippen molar-refractivity contribution in [2.45, 2.75) is 13.3 Å². The lowest BCUT2D eigenvalue weighted by Crippen LogP contribution is -1.91. The highest BCUT2D eigenvalue weighted by atomic mass is 16.5. The van der Waals surface area contributed by atoms with Crippen LogP contribution in [-0.4, -0.2) is 13.2 Å². The van der Waals surface area contributed by atoms with Gasteiger partial charge >= 0.3 is 0 Å². The number of hydrogen-bond donors (Lipinski definition) is 0. The quantitative estimate of drug-likeness (QED) is 0.421. The summed E-state index contributed by atoms with van der Waals surface area (Å²) in [5.74, 6) is 0. The molecule has 50 valence electrons. The van der Waals surface area contributed by atoms with E-state index in [4.69, 9.17) is 10.00 Å². The van der Waals surface area contributed by atoms with Gasteiger partial charge in [0.2, 0.25) is 0 Å². The summed E-state index contributed by atoms with van der Waals surface area (Å²) in [6.45, 7) is 3.10. The lowest BCUT2D eigenvalue weighted by atomic mass is 10.5. The molecule has 0 saturated heterocycles. The van der Waals surface area contributed by atoms with Gasteiger partial charge in [0.05, 0.1) is 25.7 Å². The Kier molecular flexibility index (Phi) is 6.54. The van der Waals surface area contributed by atoms with E-state index in [9.17, 15) is 0 Å². The Bertz CT molecular complexity index is 113. The Labute approximate surface area is 55.7 Å². The zero-order valence-electron chi connectivity index (χ0n) is 5.63. The average Bonchev–Trinajstić information content (AvgIpc) is 1.89. The Hall–Kier alpha value is -0.810. The molecule has 0 aromatic heterocycles. The van der Waals surface area contributed by atoms with Crippen molar-refractivity contribution < 1.29 is 4.74 Å². The molecular weight excluding hydrogens is 114 g/mol. The Morgan fingerprint density at radius 1 is 1.67 bits per heavy atom. The van der Waals surface area contributed by atoms with Crippen molar-refractivity contribution in [1.82, 2.24) is 0 Å². The predicted octanol–water partition coefficient (Wildman–Crippen LogP) is 1.49. The highest BCUT2D eigenvalue weighted by Crippen LogP contribution is 1.80. The van der Waals surface area contributed by atoms with E-state index in [1.807, 2.05) is 25.1 Å². The van der Waals surface area contributed by atoms with Crippen molar-refractivity contribution >= 4 is 0 Å². The second-order valence-electron chi connectivity index (χ2n) is 1.55. The maximum Gasteiger partial charge on any atom is 0.0647 e. The molecule has 0 heterocycles. The molecule has 0 unspecified atom stereocenters. The molecule has 2 nitrogen and oxygen atoms in total. The maximum atomic E-state index is 8.07. The number of nitriles is 1. The molecule has 9 heavy (non-hydrogen) atoms. The van der Waals surface area contributed by atoms with E-state index < -0.39 is 0 Å². The summed E-state index contributed by atoms with van der Waals surface area (Å²) < 4.78 is 5.01. The monoisotopic (exact) mass is 125 g/mol. The van der Waals surface area contributed by atoms with E-state index in [1.165, 1.54) is 0 Å². The minimum absolute atomic E-state index is 0.484. The van der Waals surface area contributed by atoms with Crippen LogP contribution in [0.1, 0.15) is 13.3 Å². The van der Waals surface area contributed by atoms with Crippen LogP contribution in [0.4, 0.5) is 0 Å². The molecule has 0 saturated carbocycles. The lowest BCUT2D eigenvalue weighted by molar-refractivity contribution is 0.168. The number of ether oxygens (including phenoxy) is 1. The molecule has 0 aliphatic heterocycles. The second kappa shape index (κ2) is 7.19. The van der Waals surface area contributed by atoms with Gasteiger partial charge in [-0.25, -0.2) is 0 Å². The van der Waals surface area contributed by atoms with Crippen molar-refractivity contribution in [3.05, 3.63) is 12.2 Å². The van der Waals surface area contributed by atoms with Crippen LogP contribution in [0.3, 0.4) is 0 Å². The first-order chi connectivity index (χ1) is 4.41. The molecule has 0 amide bonds. The van der Waals surface area contributed by atoms with Crippen molar-refractivity contribution in [3.63, 3.8) is 0 Å². The fourth-order valence-corrected chi connectivity index (χ4v) is 0.365. The van der Waals surface area contributed by atoms with Gasteiger partial charge in [-0.15, -0.1) is 0 Å².